The van der Waals surface area contributed by atoms with E-state index in [2.05, 4.69) is 0 Å². The first-order chi connectivity index (χ1) is 13.9. The quantitative estimate of drug-likeness (QED) is 0.442. The average Bonchev–Trinajstić information content (AvgIpc) is 2.95. The number of thioether (sulfide) groups is 1. The zero-order valence-corrected chi connectivity index (χ0v) is 17.9. The van der Waals surface area contributed by atoms with Gasteiger partial charge in [0, 0.05) is 25.7 Å². The molecule has 1 N–H and O–H groups in total. The topological polar surface area (TPSA) is 40.5 Å². The highest BCUT2D eigenvalue weighted by Gasteiger charge is 2.42. The summed E-state index contributed by atoms with van der Waals surface area (Å²) in [5.41, 5.74) is 1.42. The van der Waals surface area contributed by atoms with Crippen molar-refractivity contribution >= 4 is 58.2 Å². The first-order valence-electron chi connectivity index (χ1n) is 8.65. The number of carbonyl (C=O) groups excluding carboxylic acids is 1. The summed E-state index contributed by atoms with van der Waals surface area (Å²) in [6, 6.07) is 20.9. The molecule has 0 bridgehead atoms. The Hall–Kier alpha value is -2.11. The van der Waals surface area contributed by atoms with Gasteiger partial charge in [-0.05, 0) is 60.2 Å². The molecule has 1 aliphatic rings. The first-order valence-corrected chi connectivity index (χ1v) is 10.6. The van der Waals surface area contributed by atoms with Gasteiger partial charge < -0.3 is 5.11 Å². The van der Waals surface area contributed by atoms with E-state index in [0.29, 0.717) is 25.7 Å². The van der Waals surface area contributed by atoms with Crippen molar-refractivity contribution in [1.29, 1.82) is 0 Å². The molecular formula is C22H14Cl3NO2S. The van der Waals surface area contributed by atoms with Gasteiger partial charge in [0.15, 0.2) is 5.76 Å². The minimum Gasteiger partial charge on any atom is -0.502 e. The molecule has 0 spiro atoms. The van der Waals surface area contributed by atoms with Crippen molar-refractivity contribution in [2.45, 2.75) is 10.9 Å². The Morgan fingerprint density at radius 2 is 1.45 bits per heavy atom. The molecule has 4 rings (SSSR count). The fourth-order valence-electron chi connectivity index (χ4n) is 3.16. The number of nitrogens with zero attached hydrogens (tertiary/aromatic N) is 1. The number of halogens is 3. The molecule has 0 aliphatic carbocycles. The van der Waals surface area contributed by atoms with E-state index < -0.39 is 11.9 Å². The second-order valence-corrected chi connectivity index (χ2v) is 8.80. The van der Waals surface area contributed by atoms with Crippen LogP contribution < -0.4 is 4.90 Å². The third-order valence-corrected chi connectivity index (χ3v) is 6.36. The second-order valence-electron chi connectivity index (χ2n) is 6.38. The standard InChI is InChI=1S/C22H14Cl3NO2S/c23-14-6-4-13(5-7-14)19-21(29-18-10-8-15(24)9-11-18)20(27)22(28)26(19)17-3-1-2-16(25)12-17/h1-12,19,27H. The SMILES string of the molecule is O=C1C(O)=C(Sc2ccc(Cl)cc2)C(c2ccc(Cl)cc2)N1c1cccc(Cl)c1. The van der Waals surface area contributed by atoms with Gasteiger partial charge in [0.05, 0.1) is 10.9 Å². The Morgan fingerprint density at radius 1 is 0.828 bits per heavy atom. The van der Waals surface area contributed by atoms with Crippen molar-refractivity contribution in [1.82, 2.24) is 0 Å². The molecule has 1 aliphatic heterocycles. The van der Waals surface area contributed by atoms with Gasteiger partial charge in [0.1, 0.15) is 0 Å². The van der Waals surface area contributed by atoms with Crippen LogP contribution in [-0.4, -0.2) is 11.0 Å². The summed E-state index contributed by atoms with van der Waals surface area (Å²) >= 11 is 19.5. The Morgan fingerprint density at radius 3 is 2.07 bits per heavy atom. The zero-order chi connectivity index (χ0) is 20.5. The number of aliphatic hydroxyl groups excluding tert-OH is 1. The number of amides is 1. The minimum atomic E-state index is -0.515. The molecule has 1 atom stereocenters. The fraction of sp³-hybridized carbons (Fsp3) is 0.0455. The number of carbonyl (C=O) groups is 1. The van der Waals surface area contributed by atoms with Crippen LogP contribution in [0.4, 0.5) is 5.69 Å². The highest BCUT2D eigenvalue weighted by molar-refractivity contribution is 8.03. The van der Waals surface area contributed by atoms with E-state index in [0.717, 1.165) is 10.5 Å². The molecule has 0 radical (unpaired) electrons. The minimum absolute atomic E-state index is 0.287. The Balaban J connectivity index is 1.81. The smallest absolute Gasteiger partial charge is 0.294 e. The van der Waals surface area contributed by atoms with Crippen molar-refractivity contribution in [3.05, 3.63) is 104 Å². The summed E-state index contributed by atoms with van der Waals surface area (Å²) in [4.78, 5) is 16.0. The second kappa shape index (κ2) is 8.33. The summed E-state index contributed by atoms with van der Waals surface area (Å²) in [6.45, 7) is 0. The third-order valence-electron chi connectivity index (χ3n) is 4.47. The molecule has 0 fully saturated rings. The largest absolute Gasteiger partial charge is 0.502 e. The lowest BCUT2D eigenvalue weighted by Crippen LogP contribution is -2.30. The van der Waals surface area contributed by atoms with E-state index in [-0.39, 0.29) is 5.76 Å². The number of benzene rings is 3. The monoisotopic (exact) mass is 461 g/mol. The molecule has 0 saturated carbocycles. The molecule has 146 valence electrons. The maximum absolute atomic E-state index is 13.0. The van der Waals surface area contributed by atoms with E-state index in [4.69, 9.17) is 34.8 Å². The lowest BCUT2D eigenvalue weighted by molar-refractivity contribution is -0.117. The van der Waals surface area contributed by atoms with Gasteiger partial charge in [-0.2, -0.15) is 0 Å². The number of rotatable bonds is 4. The molecule has 7 heteroatoms. The predicted molar refractivity (Wildman–Crippen MR) is 120 cm³/mol. The number of hydrogen-bond donors (Lipinski definition) is 1. The van der Waals surface area contributed by atoms with Crippen molar-refractivity contribution in [3.63, 3.8) is 0 Å². The predicted octanol–water partition coefficient (Wildman–Crippen LogP) is 7.30. The van der Waals surface area contributed by atoms with E-state index in [9.17, 15) is 9.90 Å². The van der Waals surface area contributed by atoms with Crippen LogP contribution in [0.1, 0.15) is 11.6 Å². The summed E-state index contributed by atoms with van der Waals surface area (Å²) in [5, 5.41) is 12.5. The molecule has 0 saturated heterocycles. The maximum Gasteiger partial charge on any atom is 0.294 e. The number of aliphatic hydroxyl groups is 1. The van der Waals surface area contributed by atoms with Crippen molar-refractivity contribution < 1.29 is 9.90 Å². The van der Waals surface area contributed by atoms with Gasteiger partial charge in [-0.25, -0.2) is 0 Å². The van der Waals surface area contributed by atoms with Gasteiger partial charge in [-0.1, -0.05) is 64.8 Å². The van der Waals surface area contributed by atoms with Gasteiger partial charge >= 0.3 is 0 Å². The van der Waals surface area contributed by atoms with Crippen LogP contribution in [-0.2, 0) is 4.79 Å². The third kappa shape index (κ3) is 4.12. The van der Waals surface area contributed by atoms with E-state index in [1.54, 1.807) is 53.4 Å². The molecular weight excluding hydrogens is 449 g/mol. The molecule has 1 heterocycles. The van der Waals surface area contributed by atoms with E-state index in [1.165, 1.54) is 11.8 Å². The van der Waals surface area contributed by atoms with Gasteiger partial charge in [-0.15, -0.1) is 0 Å². The van der Waals surface area contributed by atoms with Crippen molar-refractivity contribution in [3.8, 4) is 0 Å². The normalized spacial score (nSPS) is 16.6. The van der Waals surface area contributed by atoms with Crippen molar-refractivity contribution in [2.75, 3.05) is 4.90 Å². The van der Waals surface area contributed by atoms with Gasteiger partial charge in [0.25, 0.3) is 5.91 Å². The highest BCUT2D eigenvalue weighted by atomic mass is 35.5. The molecule has 1 amide bonds. The molecule has 1 unspecified atom stereocenters. The molecule has 3 nitrogen and oxygen atoms in total. The Labute approximate surface area is 187 Å². The van der Waals surface area contributed by atoms with Crippen LogP contribution in [0.25, 0.3) is 0 Å². The van der Waals surface area contributed by atoms with Gasteiger partial charge in [0.2, 0.25) is 0 Å². The molecule has 29 heavy (non-hydrogen) atoms. The summed E-state index contributed by atoms with van der Waals surface area (Å²) in [5.74, 6) is -0.770. The zero-order valence-electron chi connectivity index (χ0n) is 14.9. The molecule has 3 aromatic carbocycles. The highest BCUT2D eigenvalue weighted by Crippen LogP contribution is 2.48. The van der Waals surface area contributed by atoms with E-state index in [1.807, 2.05) is 24.3 Å². The number of hydrogen-bond acceptors (Lipinski definition) is 3. The summed E-state index contributed by atoms with van der Waals surface area (Å²) < 4.78 is 0. The molecule has 3 aromatic rings. The van der Waals surface area contributed by atoms with E-state index >= 15 is 0 Å². The van der Waals surface area contributed by atoms with Crippen molar-refractivity contribution in [2.24, 2.45) is 0 Å². The average molecular weight is 463 g/mol. The number of anilines is 1. The van der Waals surface area contributed by atoms with Gasteiger partial charge in [-0.3, -0.25) is 9.69 Å². The van der Waals surface area contributed by atoms with Crippen LogP contribution >= 0.6 is 46.6 Å². The summed E-state index contributed by atoms with van der Waals surface area (Å²) in [6.07, 6.45) is 0. The van der Waals surface area contributed by atoms with Crippen LogP contribution in [0.5, 0.6) is 0 Å². The van der Waals surface area contributed by atoms with Crippen LogP contribution in [0, 0.1) is 0 Å². The Kier molecular flexibility index (Phi) is 5.79. The lowest BCUT2D eigenvalue weighted by Gasteiger charge is -2.27. The van der Waals surface area contributed by atoms with Crippen LogP contribution in [0.15, 0.2) is 88.4 Å². The lowest BCUT2D eigenvalue weighted by atomic mass is 10.1. The van der Waals surface area contributed by atoms with Crippen LogP contribution in [0.2, 0.25) is 15.1 Å². The maximum atomic E-state index is 13.0. The Bertz CT molecular complexity index is 1100. The van der Waals surface area contributed by atoms with Crippen LogP contribution in [0.3, 0.4) is 0 Å². The fourth-order valence-corrected chi connectivity index (χ4v) is 4.65. The first kappa shape index (κ1) is 20.2. The molecule has 0 aromatic heterocycles. The summed E-state index contributed by atoms with van der Waals surface area (Å²) in [7, 11) is 0.